The number of carbonyl (C=O) groups is 1. The minimum atomic E-state index is 0.232. The third-order valence-electron chi connectivity index (χ3n) is 2.62. The molecular formula is C11H19NOS. The Morgan fingerprint density at radius 2 is 2.00 bits per heavy atom. The highest BCUT2D eigenvalue weighted by Crippen LogP contribution is 2.32. The number of carbonyl (C=O) groups excluding carboxylic acids is 1. The topological polar surface area (TPSA) is 20.3 Å². The fraction of sp³-hybridized carbons (Fsp3) is 0.727. The van der Waals surface area contributed by atoms with Gasteiger partial charge in [0.2, 0.25) is 0 Å². The van der Waals surface area contributed by atoms with Gasteiger partial charge in [0.05, 0.1) is 5.37 Å². The lowest BCUT2D eigenvalue weighted by molar-refractivity contribution is -0.125. The van der Waals surface area contributed by atoms with Crippen LogP contribution < -0.4 is 0 Å². The Hall–Kier alpha value is -0.440. The van der Waals surface area contributed by atoms with E-state index in [0.717, 1.165) is 24.3 Å². The molecule has 0 bridgehead atoms. The summed E-state index contributed by atoms with van der Waals surface area (Å²) in [5.41, 5.74) is 2.19. The van der Waals surface area contributed by atoms with Crippen LogP contribution in [0.25, 0.3) is 0 Å². The molecule has 1 amide bonds. The number of hydrogen-bond donors (Lipinski definition) is 0. The largest absolute Gasteiger partial charge is 0.323 e. The first-order valence-electron chi connectivity index (χ1n) is 5.23. The summed E-state index contributed by atoms with van der Waals surface area (Å²) < 4.78 is 0. The monoisotopic (exact) mass is 213 g/mol. The van der Waals surface area contributed by atoms with E-state index in [1.807, 2.05) is 23.6 Å². The van der Waals surface area contributed by atoms with Gasteiger partial charge in [0.1, 0.15) is 0 Å². The van der Waals surface area contributed by atoms with Gasteiger partial charge in [-0.05, 0) is 31.6 Å². The van der Waals surface area contributed by atoms with E-state index >= 15 is 0 Å². The Morgan fingerprint density at radius 1 is 1.36 bits per heavy atom. The molecule has 0 spiro atoms. The van der Waals surface area contributed by atoms with Crippen molar-refractivity contribution in [2.45, 2.75) is 39.5 Å². The second kappa shape index (κ2) is 4.87. The SMILES string of the molecule is CCCN1C(=O)C(C)=C(C)[C@H]1SCC. The molecule has 0 aromatic heterocycles. The van der Waals surface area contributed by atoms with Gasteiger partial charge in [-0.2, -0.15) is 0 Å². The van der Waals surface area contributed by atoms with Crippen molar-refractivity contribution < 1.29 is 4.79 Å². The predicted molar refractivity (Wildman–Crippen MR) is 62.3 cm³/mol. The fourth-order valence-electron chi connectivity index (χ4n) is 1.74. The van der Waals surface area contributed by atoms with Gasteiger partial charge < -0.3 is 4.90 Å². The lowest BCUT2D eigenvalue weighted by atomic mass is 10.2. The van der Waals surface area contributed by atoms with Gasteiger partial charge in [-0.3, -0.25) is 4.79 Å². The summed E-state index contributed by atoms with van der Waals surface area (Å²) >= 11 is 1.85. The summed E-state index contributed by atoms with van der Waals surface area (Å²) in [5, 5.41) is 0.299. The van der Waals surface area contributed by atoms with Gasteiger partial charge in [-0.1, -0.05) is 13.8 Å². The van der Waals surface area contributed by atoms with Crippen LogP contribution >= 0.6 is 11.8 Å². The molecule has 0 aromatic carbocycles. The first-order chi connectivity index (χ1) is 6.63. The molecule has 1 heterocycles. The minimum Gasteiger partial charge on any atom is -0.323 e. The van der Waals surface area contributed by atoms with Crippen LogP contribution in [0.5, 0.6) is 0 Å². The second-order valence-electron chi connectivity index (χ2n) is 3.61. The molecule has 0 radical (unpaired) electrons. The van der Waals surface area contributed by atoms with Crippen molar-refractivity contribution in [3.05, 3.63) is 11.1 Å². The highest BCUT2D eigenvalue weighted by molar-refractivity contribution is 8.00. The van der Waals surface area contributed by atoms with Crippen LogP contribution in [0.1, 0.15) is 34.1 Å². The third-order valence-corrected chi connectivity index (χ3v) is 3.87. The van der Waals surface area contributed by atoms with E-state index in [4.69, 9.17) is 0 Å². The summed E-state index contributed by atoms with van der Waals surface area (Å²) in [6.45, 7) is 9.15. The molecule has 0 aliphatic carbocycles. The van der Waals surface area contributed by atoms with Crippen LogP contribution in [-0.4, -0.2) is 28.5 Å². The van der Waals surface area contributed by atoms with E-state index in [1.165, 1.54) is 5.57 Å². The van der Waals surface area contributed by atoms with Gasteiger partial charge in [0.15, 0.2) is 0 Å². The van der Waals surface area contributed by atoms with E-state index in [0.29, 0.717) is 5.37 Å². The van der Waals surface area contributed by atoms with Crippen molar-refractivity contribution in [2.75, 3.05) is 12.3 Å². The number of amides is 1. The number of nitrogens with zero attached hydrogens (tertiary/aromatic N) is 1. The molecule has 0 fully saturated rings. The molecule has 1 rings (SSSR count). The van der Waals surface area contributed by atoms with E-state index in [2.05, 4.69) is 20.8 Å². The van der Waals surface area contributed by atoms with Crippen molar-refractivity contribution in [3.63, 3.8) is 0 Å². The average Bonchev–Trinajstić information content (AvgIpc) is 2.36. The van der Waals surface area contributed by atoms with Crippen molar-refractivity contribution in [3.8, 4) is 0 Å². The third kappa shape index (κ3) is 1.97. The Kier molecular flexibility index (Phi) is 4.05. The maximum Gasteiger partial charge on any atom is 0.250 e. The highest BCUT2D eigenvalue weighted by Gasteiger charge is 2.33. The van der Waals surface area contributed by atoms with Gasteiger partial charge in [-0.25, -0.2) is 0 Å². The van der Waals surface area contributed by atoms with Crippen molar-refractivity contribution in [2.24, 2.45) is 0 Å². The molecule has 14 heavy (non-hydrogen) atoms. The number of hydrogen-bond acceptors (Lipinski definition) is 2. The maximum atomic E-state index is 11.8. The summed E-state index contributed by atoms with van der Waals surface area (Å²) in [7, 11) is 0. The molecule has 0 N–H and O–H groups in total. The van der Waals surface area contributed by atoms with Crippen LogP contribution in [0.4, 0.5) is 0 Å². The van der Waals surface area contributed by atoms with Gasteiger partial charge in [0, 0.05) is 12.1 Å². The molecule has 3 heteroatoms. The maximum absolute atomic E-state index is 11.8. The summed E-state index contributed by atoms with van der Waals surface area (Å²) in [6.07, 6.45) is 1.03. The summed E-state index contributed by atoms with van der Waals surface area (Å²) in [4.78, 5) is 13.8. The average molecular weight is 213 g/mol. The van der Waals surface area contributed by atoms with E-state index < -0.39 is 0 Å². The molecule has 0 aromatic rings. The molecule has 2 nitrogen and oxygen atoms in total. The molecule has 80 valence electrons. The lowest BCUT2D eigenvalue weighted by Gasteiger charge is -2.25. The van der Waals surface area contributed by atoms with Crippen molar-refractivity contribution >= 4 is 17.7 Å². The Morgan fingerprint density at radius 3 is 2.50 bits per heavy atom. The van der Waals surface area contributed by atoms with Gasteiger partial charge in [-0.15, -0.1) is 11.8 Å². The van der Waals surface area contributed by atoms with E-state index in [9.17, 15) is 4.79 Å². The highest BCUT2D eigenvalue weighted by atomic mass is 32.2. The molecule has 0 unspecified atom stereocenters. The quantitative estimate of drug-likeness (QED) is 0.715. The zero-order valence-corrected chi connectivity index (χ0v) is 10.3. The molecule has 1 aliphatic heterocycles. The summed E-state index contributed by atoms with van der Waals surface area (Å²) in [5.74, 6) is 1.29. The van der Waals surface area contributed by atoms with Crippen LogP contribution in [0.2, 0.25) is 0 Å². The van der Waals surface area contributed by atoms with Crippen LogP contribution in [0.15, 0.2) is 11.1 Å². The molecule has 0 saturated carbocycles. The molecular weight excluding hydrogens is 194 g/mol. The van der Waals surface area contributed by atoms with Crippen LogP contribution in [-0.2, 0) is 4.79 Å². The van der Waals surface area contributed by atoms with Gasteiger partial charge >= 0.3 is 0 Å². The first kappa shape index (κ1) is 11.6. The molecule has 1 atom stereocenters. The normalized spacial score (nSPS) is 22.4. The van der Waals surface area contributed by atoms with Crippen molar-refractivity contribution in [1.82, 2.24) is 4.90 Å². The standard InChI is InChI=1S/C11H19NOS/c1-5-7-12-10(13)8(3)9(4)11(12)14-6-2/h11H,5-7H2,1-4H3/t11-/m1/s1. The Labute approximate surface area is 90.7 Å². The van der Waals surface area contributed by atoms with Crippen molar-refractivity contribution in [1.29, 1.82) is 0 Å². The number of thioether (sulfide) groups is 1. The number of rotatable bonds is 4. The second-order valence-corrected chi connectivity index (χ2v) is 4.97. The Bertz CT molecular complexity index is 260. The van der Waals surface area contributed by atoms with Crippen LogP contribution in [0, 0.1) is 0 Å². The zero-order chi connectivity index (χ0) is 10.7. The molecule has 1 aliphatic rings. The van der Waals surface area contributed by atoms with Crippen LogP contribution in [0.3, 0.4) is 0 Å². The lowest BCUT2D eigenvalue weighted by Crippen LogP contribution is -2.34. The fourth-order valence-corrected chi connectivity index (χ4v) is 2.87. The zero-order valence-electron chi connectivity index (χ0n) is 9.46. The molecule has 0 saturated heterocycles. The predicted octanol–water partition coefficient (Wildman–Crippen LogP) is 2.65. The summed E-state index contributed by atoms with van der Waals surface area (Å²) in [6, 6.07) is 0. The minimum absolute atomic E-state index is 0.232. The first-order valence-corrected chi connectivity index (χ1v) is 6.28. The Balaban J connectivity index is 2.82. The smallest absolute Gasteiger partial charge is 0.250 e. The van der Waals surface area contributed by atoms with Gasteiger partial charge in [0.25, 0.3) is 5.91 Å². The van der Waals surface area contributed by atoms with E-state index in [1.54, 1.807) is 0 Å². The van der Waals surface area contributed by atoms with E-state index in [-0.39, 0.29) is 5.91 Å².